The number of aromatic nitrogens is 2. The topological polar surface area (TPSA) is 42.3 Å². The van der Waals surface area contributed by atoms with Gasteiger partial charge in [0.15, 0.2) is 0 Å². The van der Waals surface area contributed by atoms with E-state index in [0.29, 0.717) is 6.04 Å². The first-order valence-corrected chi connectivity index (χ1v) is 7.76. The Kier molecular flexibility index (Phi) is 5.86. The zero-order chi connectivity index (χ0) is 14.4. The van der Waals surface area contributed by atoms with Crippen molar-refractivity contribution in [1.82, 2.24) is 14.9 Å². The van der Waals surface area contributed by atoms with E-state index in [4.69, 9.17) is 9.72 Å². The van der Waals surface area contributed by atoms with Crippen LogP contribution < -0.4 is 10.2 Å². The molecule has 114 valence electrons. The van der Waals surface area contributed by atoms with E-state index in [-0.39, 0.29) is 0 Å². The van der Waals surface area contributed by atoms with Crippen LogP contribution in [0.2, 0.25) is 0 Å². The van der Waals surface area contributed by atoms with Gasteiger partial charge in [-0.3, -0.25) is 0 Å². The second-order valence-corrected chi connectivity index (χ2v) is 5.47. The number of ether oxygens (including phenoxy) is 1. The first kappa shape index (κ1) is 15.3. The van der Waals surface area contributed by atoms with Crippen molar-refractivity contribution in [2.24, 2.45) is 0 Å². The molecule has 1 N–H and O–H groups in total. The molecular formula is C15H28N4O. The lowest BCUT2D eigenvalue weighted by molar-refractivity contribution is 0.190. The van der Waals surface area contributed by atoms with Crippen LogP contribution >= 0.6 is 0 Å². The Bertz CT molecular complexity index is 405. The number of rotatable bonds is 8. The molecule has 0 bridgehead atoms. The molecule has 0 amide bonds. The molecule has 0 spiro atoms. The fraction of sp³-hybridized carbons (Fsp3) is 0.800. The summed E-state index contributed by atoms with van der Waals surface area (Å²) in [6.07, 6.45) is 6.76. The summed E-state index contributed by atoms with van der Waals surface area (Å²) < 4.78 is 7.48. The molecule has 1 atom stereocenters. The van der Waals surface area contributed by atoms with Crippen LogP contribution in [0.25, 0.3) is 0 Å². The van der Waals surface area contributed by atoms with E-state index >= 15 is 0 Å². The second kappa shape index (κ2) is 7.64. The highest BCUT2D eigenvalue weighted by Gasteiger charge is 2.27. The molecule has 5 heteroatoms. The summed E-state index contributed by atoms with van der Waals surface area (Å²) in [5.41, 5.74) is 1.19. The van der Waals surface area contributed by atoms with Gasteiger partial charge in [0.25, 0.3) is 0 Å². The fourth-order valence-corrected chi connectivity index (χ4v) is 2.95. The number of nitrogens with zero attached hydrogens (tertiary/aromatic N) is 3. The Labute approximate surface area is 122 Å². The Morgan fingerprint density at radius 1 is 1.50 bits per heavy atom. The number of hydrogen-bond acceptors (Lipinski definition) is 4. The van der Waals surface area contributed by atoms with E-state index in [9.17, 15) is 0 Å². The van der Waals surface area contributed by atoms with Gasteiger partial charge in [-0.2, -0.15) is 0 Å². The van der Waals surface area contributed by atoms with Gasteiger partial charge in [0.1, 0.15) is 0 Å². The third-order valence-electron chi connectivity index (χ3n) is 3.99. The van der Waals surface area contributed by atoms with Gasteiger partial charge < -0.3 is 19.5 Å². The van der Waals surface area contributed by atoms with Crippen molar-refractivity contribution >= 4 is 5.95 Å². The predicted molar refractivity (Wildman–Crippen MR) is 82.4 cm³/mol. The summed E-state index contributed by atoms with van der Waals surface area (Å²) in [4.78, 5) is 7.32. The standard InChI is InChI=1S/C15H28N4O/c1-4-13-12-18(8-6-10-20-3)15(17-13)19-9-5-7-14(19)11-16-2/h12,14,16H,4-11H2,1-3H3. The lowest BCUT2D eigenvalue weighted by Gasteiger charge is -2.26. The summed E-state index contributed by atoms with van der Waals surface area (Å²) in [5.74, 6) is 1.15. The van der Waals surface area contributed by atoms with Crippen molar-refractivity contribution in [2.45, 2.75) is 45.2 Å². The molecule has 2 rings (SSSR count). The van der Waals surface area contributed by atoms with Gasteiger partial charge in [-0.25, -0.2) is 4.98 Å². The zero-order valence-corrected chi connectivity index (χ0v) is 13.1. The monoisotopic (exact) mass is 280 g/mol. The average molecular weight is 280 g/mol. The number of likely N-dealkylation sites (N-methyl/N-ethyl adjacent to an activating group) is 1. The van der Waals surface area contributed by atoms with E-state index in [1.54, 1.807) is 7.11 Å². The van der Waals surface area contributed by atoms with Crippen LogP contribution in [0.1, 0.15) is 31.9 Å². The maximum atomic E-state index is 5.16. The average Bonchev–Trinajstić information content (AvgIpc) is 3.06. The molecule has 1 unspecified atom stereocenters. The number of nitrogens with one attached hydrogen (secondary N) is 1. The predicted octanol–water partition coefficient (Wildman–Crippen LogP) is 1.67. The van der Waals surface area contributed by atoms with Crippen LogP contribution in [0.5, 0.6) is 0 Å². The van der Waals surface area contributed by atoms with E-state index in [1.165, 1.54) is 18.5 Å². The molecule has 0 aromatic carbocycles. The number of hydrogen-bond donors (Lipinski definition) is 1. The van der Waals surface area contributed by atoms with E-state index < -0.39 is 0 Å². The zero-order valence-electron chi connectivity index (χ0n) is 13.1. The van der Waals surface area contributed by atoms with Gasteiger partial charge in [0.2, 0.25) is 5.95 Å². The summed E-state index contributed by atoms with van der Waals surface area (Å²) in [7, 11) is 3.79. The van der Waals surface area contributed by atoms with E-state index in [1.807, 2.05) is 7.05 Å². The quantitative estimate of drug-likeness (QED) is 0.736. The van der Waals surface area contributed by atoms with Crippen molar-refractivity contribution in [1.29, 1.82) is 0 Å². The molecular weight excluding hydrogens is 252 g/mol. The van der Waals surface area contributed by atoms with Crippen LogP contribution in [0, 0.1) is 0 Å². The van der Waals surface area contributed by atoms with E-state index in [0.717, 1.165) is 45.0 Å². The fourth-order valence-electron chi connectivity index (χ4n) is 2.95. The molecule has 1 aliphatic heterocycles. The minimum absolute atomic E-state index is 0.577. The van der Waals surface area contributed by atoms with Crippen molar-refractivity contribution < 1.29 is 4.74 Å². The Hall–Kier alpha value is -1.07. The number of aryl methyl sites for hydroxylation is 2. The van der Waals surface area contributed by atoms with Gasteiger partial charge in [0.05, 0.1) is 5.69 Å². The largest absolute Gasteiger partial charge is 0.385 e. The molecule has 0 radical (unpaired) electrons. The molecule has 2 heterocycles. The van der Waals surface area contributed by atoms with Crippen LogP contribution in [-0.2, 0) is 17.7 Å². The molecule has 1 saturated heterocycles. The molecule has 1 aliphatic rings. The van der Waals surface area contributed by atoms with Gasteiger partial charge in [-0.05, 0) is 32.7 Å². The van der Waals surface area contributed by atoms with Crippen LogP contribution in [0.15, 0.2) is 6.20 Å². The summed E-state index contributed by atoms with van der Waals surface area (Å²) in [6.45, 7) is 6.11. The minimum Gasteiger partial charge on any atom is -0.385 e. The first-order valence-electron chi connectivity index (χ1n) is 7.76. The smallest absolute Gasteiger partial charge is 0.206 e. The van der Waals surface area contributed by atoms with Crippen molar-refractivity contribution in [3.8, 4) is 0 Å². The normalized spacial score (nSPS) is 18.9. The minimum atomic E-state index is 0.577. The molecule has 1 aromatic heterocycles. The molecule has 5 nitrogen and oxygen atoms in total. The number of imidazole rings is 1. The maximum absolute atomic E-state index is 5.16. The lowest BCUT2D eigenvalue weighted by Crippen LogP contribution is -2.38. The van der Waals surface area contributed by atoms with Gasteiger partial charge in [-0.1, -0.05) is 6.92 Å². The lowest BCUT2D eigenvalue weighted by atomic mass is 10.2. The highest BCUT2D eigenvalue weighted by molar-refractivity contribution is 5.37. The Morgan fingerprint density at radius 2 is 2.35 bits per heavy atom. The third-order valence-corrected chi connectivity index (χ3v) is 3.99. The number of methoxy groups -OCH3 is 1. The molecule has 0 saturated carbocycles. The highest BCUT2D eigenvalue weighted by Crippen LogP contribution is 2.25. The molecule has 1 fully saturated rings. The first-order chi connectivity index (χ1) is 9.80. The van der Waals surface area contributed by atoms with Crippen molar-refractivity contribution in [3.63, 3.8) is 0 Å². The summed E-state index contributed by atoms with van der Waals surface area (Å²) in [6, 6.07) is 0.577. The maximum Gasteiger partial charge on any atom is 0.206 e. The summed E-state index contributed by atoms with van der Waals surface area (Å²) in [5, 5.41) is 3.30. The van der Waals surface area contributed by atoms with Crippen LogP contribution in [0.4, 0.5) is 5.95 Å². The Balaban J connectivity index is 2.13. The highest BCUT2D eigenvalue weighted by atomic mass is 16.5. The SMILES string of the molecule is CCc1cn(CCCOC)c(N2CCCC2CNC)n1. The molecule has 0 aliphatic carbocycles. The summed E-state index contributed by atoms with van der Waals surface area (Å²) >= 11 is 0. The molecule has 20 heavy (non-hydrogen) atoms. The van der Waals surface area contributed by atoms with Crippen molar-refractivity contribution in [3.05, 3.63) is 11.9 Å². The van der Waals surface area contributed by atoms with Gasteiger partial charge >= 0.3 is 0 Å². The van der Waals surface area contributed by atoms with Crippen LogP contribution in [-0.4, -0.2) is 49.4 Å². The van der Waals surface area contributed by atoms with Crippen molar-refractivity contribution in [2.75, 3.05) is 38.8 Å². The van der Waals surface area contributed by atoms with Gasteiger partial charge in [0, 0.05) is 45.6 Å². The number of anilines is 1. The molecule has 1 aromatic rings. The second-order valence-electron chi connectivity index (χ2n) is 5.47. The Morgan fingerprint density at radius 3 is 3.05 bits per heavy atom. The van der Waals surface area contributed by atoms with Gasteiger partial charge in [-0.15, -0.1) is 0 Å². The van der Waals surface area contributed by atoms with Crippen LogP contribution in [0.3, 0.4) is 0 Å². The third kappa shape index (κ3) is 3.52. The van der Waals surface area contributed by atoms with E-state index in [2.05, 4.69) is 27.9 Å².